The zero-order chi connectivity index (χ0) is 12.1. The van der Waals surface area contributed by atoms with E-state index in [0.717, 1.165) is 32.7 Å². The largest absolute Gasteiger partial charge is 0.481 e. The average Bonchev–Trinajstić information content (AvgIpc) is 2.26. The number of aliphatic carboxylic acids is 1. The Bertz CT molecular complexity index is 260. The van der Waals surface area contributed by atoms with Crippen molar-refractivity contribution >= 4 is 11.9 Å². The molecule has 0 bridgehead atoms. The number of amides is 1. The lowest BCUT2D eigenvalue weighted by molar-refractivity contribution is -0.141. The number of hydrogen-bond acceptors (Lipinski definition) is 3. The highest BCUT2D eigenvalue weighted by molar-refractivity contribution is 5.73. The Labute approximate surface area is 96.0 Å². The van der Waals surface area contributed by atoms with Crippen molar-refractivity contribution < 1.29 is 14.7 Å². The first-order chi connectivity index (χ1) is 7.50. The monoisotopic (exact) mass is 228 g/mol. The molecule has 1 atom stereocenters. The maximum Gasteiger partial charge on any atom is 0.306 e. The summed E-state index contributed by atoms with van der Waals surface area (Å²) in [7, 11) is 0. The molecule has 1 unspecified atom stereocenters. The maximum absolute atomic E-state index is 11.1. The fraction of sp³-hybridized carbons (Fsp3) is 0.818. The lowest BCUT2D eigenvalue weighted by atomic mass is 10.1. The van der Waals surface area contributed by atoms with Crippen molar-refractivity contribution in [3.8, 4) is 0 Å². The summed E-state index contributed by atoms with van der Waals surface area (Å²) in [6.45, 7) is 7.35. The molecule has 0 spiro atoms. The summed E-state index contributed by atoms with van der Waals surface area (Å²) in [4.78, 5) is 25.8. The van der Waals surface area contributed by atoms with Gasteiger partial charge in [0.2, 0.25) is 5.91 Å². The van der Waals surface area contributed by atoms with E-state index in [0.29, 0.717) is 6.42 Å². The van der Waals surface area contributed by atoms with Crippen LogP contribution in [0.25, 0.3) is 0 Å². The second-order valence-electron chi connectivity index (χ2n) is 4.38. The van der Waals surface area contributed by atoms with Gasteiger partial charge in [0.15, 0.2) is 0 Å². The molecule has 1 aliphatic rings. The Hall–Kier alpha value is -1.10. The van der Waals surface area contributed by atoms with Crippen LogP contribution in [0.5, 0.6) is 0 Å². The maximum atomic E-state index is 11.1. The van der Waals surface area contributed by atoms with Crippen molar-refractivity contribution in [3.63, 3.8) is 0 Å². The van der Waals surface area contributed by atoms with E-state index in [1.807, 2.05) is 4.90 Å². The number of piperazine rings is 1. The van der Waals surface area contributed by atoms with Gasteiger partial charge in [-0.1, -0.05) is 6.92 Å². The van der Waals surface area contributed by atoms with Gasteiger partial charge in [-0.05, 0) is 13.0 Å². The van der Waals surface area contributed by atoms with Crippen molar-refractivity contribution in [2.24, 2.45) is 5.92 Å². The molecule has 0 radical (unpaired) electrons. The highest BCUT2D eigenvalue weighted by Crippen LogP contribution is 2.07. The Balaban J connectivity index is 2.22. The molecule has 0 aromatic rings. The summed E-state index contributed by atoms with van der Waals surface area (Å²) < 4.78 is 0. The molecule has 0 aliphatic carbocycles. The van der Waals surface area contributed by atoms with E-state index in [1.165, 1.54) is 0 Å². The molecule has 1 fully saturated rings. The number of rotatable bonds is 4. The summed E-state index contributed by atoms with van der Waals surface area (Å²) in [6, 6.07) is 0. The number of hydrogen-bond donors (Lipinski definition) is 1. The minimum Gasteiger partial charge on any atom is -0.481 e. The van der Waals surface area contributed by atoms with Gasteiger partial charge in [-0.3, -0.25) is 14.5 Å². The zero-order valence-electron chi connectivity index (χ0n) is 9.98. The molecule has 1 N–H and O–H groups in total. The van der Waals surface area contributed by atoms with Crippen molar-refractivity contribution in [1.82, 2.24) is 9.80 Å². The molecule has 0 saturated carbocycles. The second-order valence-corrected chi connectivity index (χ2v) is 4.38. The summed E-state index contributed by atoms with van der Waals surface area (Å²) in [6.07, 6.45) is 0.676. The summed E-state index contributed by atoms with van der Waals surface area (Å²) in [5, 5.41) is 8.75. The number of carbonyl (C=O) groups excluding carboxylic acids is 1. The fourth-order valence-corrected chi connectivity index (χ4v) is 1.79. The van der Waals surface area contributed by atoms with Crippen LogP contribution in [0.2, 0.25) is 0 Å². The minimum absolute atomic E-state index is 0.124. The SMILES string of the molecule is CC(=O)N1CCN(CCC(C)C(=O)O)CC1. The van der Waals surface area contributed by atoms with E-state index in [9.17, 15) is 9.59 Å². The molecule has 1 saturated heterocycles. The van der Waals surface area contributed by atoms with Crippen LogP contribution < -0.4 is 0 Å². The molecule has 1 rings (SSSR count). The fourth-order valence-electron chi connectivity index (χ4n) is 1.79. The van der Waals surface area contributed by atoms with Crippen LogP contribution in [0, 0.1) is 5.92 Å². The molecular formula is C11H20N2O3. The average molecular weight is 228 g/mol. The smallest absolute Gasteiger partial charge is 0.306 e. The van der Waals surface area contributed by atoms with Gasteiger partial charge in [0.1, 0.15) is 0 Å². The summed E-state index contributed by atoms with van der Waals surface area (Å²) in [5.74, 6) is -0.897. The minimum atomic E-state index is -0.734. The quantitative estimate of drug-likeness (QED) is 0.750. The van der Waals surface area contributed by atoms with Crippen LogP contribution in [0.3, 0.4) is 0 Å². The first-order valence-electron chi connectivity index (χ1n) is 5.71. The third-order valence-electron chi connectivity index (χ3n) is 3.12. The van der Waals surface area contributed by atoms with Gasteiger partial charge in [0, 0.05) is 33.1 Å². The standard InChI is InChI=1S/C11H20N2O3/c1-9(11(15)16)3-4-12-5-7-13(8-6-12)10(2)14/h9H,3-8H2,1-2H3,(H,15,16). The Kier molecular flexibility index (Phi) is 4.73. The van der Waals surface area contributed by atoms with Crippen LogP contribution in [0.4, 0.5) is 0 Å². The third kappa shape index (κ3) is 3.81. The molecule has 0 aromatic carbocycles. The van der Waals surface area contributed by atoms with E-state index < -0.39 is 5.97 Å². The zero-order valence-corrected chi connectivity index (χ0v) is 9.98. The Morgan fingerprint density at radius 2 is 1.81 bits per heavy atom. The first kappa shape index (κ1) is 13.0. The predicted molar refractivity (Wildman–Crippen MR) is 60.1 cm³/mol. The Morgan fingerprint density at radius 3 is 2.25 bits per heavy atom. The molecule has 1 aliphatic heterocycles. The van der Waals surface area contributed by atoms with Gasteiger partial charge in [0.25, 0.3) is 0 Å². The summed E-state index contributed by atoms with van der Waals surface area (Å²) >= 11 is 0. The number of carbonyl (C=O) groups is 2. The van der Waals surface area contributed by atoms with Gasteiger partial charge in [-0.2, -0.15) is 0 Å². The highest BCUT2D eigenvalue weighted by atomic mass is 16.4. The number of carboxylic acids is 1. The van der Waals surface area contributed by atoms with Crippen molar-refractivity contribution in [1.29, 1.82) is 0 Å². The third-order valence-corrected chi connectivity index (χ3v) is 3.12. The van der Waals surface area contributed by atoms with Gasteiger partial charge in [-0.25, -0.2) is 0 Å². The van der Waals surface area contributed by atoms with Crippen molar-refractivity contribution in [3.05, 3.63) is 0 Å². The van der Waals surface area contributed by atoms with Gasteiger partial charge >= 0.3 is 5.97 Å². The molecular weight excluding hydrogens is 208 g/mol. The molecule has 92 valence electrons. The van der Waals surface area contributed by atoms with Crippen LogP contribution in [0.15, 0.2) is 0 Å². The molecule has 5 heteroatoms. The van der Waals surface area contributed by atoms with E-state index in [1.54, 1.807) is 13.8 Å². The first-order valence-corrected chi connectivity index (χ1v) is 5.71. The van der Waals surface area contributed by atoms with E-state index >= 15 is 0 Å². The lowest BCUT2D eigenvalue weighted by Crippen LogP contribution is -2.48. The van der Waals surface area contributed by atoms with E-state index in [2.05, 4.69) is 4.90 Å². The van der Waals surface area contributed by atoms with E-state index in [4.69, 9.17) is 5.11 Å². The molecule has 1 heterocycles. The van der Waals surface area contributed by atoms with Gasteiger partial charge in [-0.15, -0.1) is 0 Å². The van der Waals surface area contributed by atoms with Crippen molar-refractivity contribution in [2.45, 2.75) is 20.3 Å². The number of carboxylic acid groups (broad SMARTS) is 1. The highest BCUT2D eigenvalue weighted by Gasteiger charge is 2.19. The van der Waals surface area contributed by atoms with Crippen LogP contribution in [0.1, 0.15) is 20.3 Å². The molecule has 1 amide bonds. The van der Waals surface area contributed by atoms with E-state index in [-0.39, 0.29) is 11.8 Å². The Morgan fingerprint density at radius 1 is 1.25 bits per heavy atom. The van der Waals surface area contributed by atoms with Gasteiger partial charge < -0.3 is 10.0 Å². The molecule has 16 heavy (non-hydrogen) atoms. The van der Waals surface area contributed by atoms with Gasteiger partial charge in [0.05, 0.1) is 5.92 Å². The number of nitrogens with zero attached hydrogens (tertiary/aromatic N) is 2. The second kappa shape index (κ2) is 5.84. The van der Waals surface area contributed by atoms with Crippen LogP contribution >= 0.6 is 0 Å². The van der Waals surface area contributed by atoms with Crippen LogP contribution in [-0.2, 0) is 9.59 Å². The normalized spacial score (nSPS) is 19.5. The summed E-state index contributed by atoms with van der Waals surface area (Å²) in [5.41, 5.74) is 0. The molecule has 0 aromatic heterocycles. The van der Waals surface area contributed by atoms with Crippen molar-refractivity contribution in [2.75, 3.05) is 32.7 Å². The predicted octanol–water partition coefficient (Wildman–Crippen LogP) is 0.261. The topological polar surface area (TPSA) is 60.9 Å². The van der Waals surface area contributed by atoms with Crippen LogP contribution in [-0.4, -0.2) is 59.5 Å². The lowest BCUT2D eigenvalue weighted by Gasteiger charge is -2.34. The molecule has 5 nitrogen and oxygen atoms in total.